The predicted octanol–water partition coefficient (Wildman–Crippen LogP) is 3.58. The van der Waals surface area contributed by atoms with Crippen LogP contribution >= 0.6 is 27.3 Å². The number of nitrogens with zero attached hydrogens (tertiary/aromatic N) is 1. The SMILES string of the molecule is CCOC(=O)C1=C(C)OC(=N)C(C#N)C1c1ccc(Br)s1. The molecular weight excluding hydrogens is 356 g/mol. The summed E-state index contributed by atoms with van der Waals surface area (Å²) >= 11 is 4.81. The van der Waals surface area contributed by atoms with E-state index in [0.29, 0.717) is 11.3 Å². The first-order chi connectivity index (χ1) is 9.99. The van der Waals surface area contributed by atoms with Gasteiger partial charge in [-0.25, -0.2) is 4.79 Å². The maximum atomic E-state index is 12.2. The third kappa shape index (κ3) is 3.01. The van der Waals surface area contributed by atoms with Gasteiger partial charge in [0.15, 0.2) is 0 Å². The lowest BCUT2D eigenvalue weighted by atomic mass is 9.82. The third-order valence-corrected chi connectivity index (χ3v) is 4.81. The fourth-order valence-corrected chi connectivity index (χ4v) is 3.81. The molecule has 1 aromatic heterocycles. The molecule has 1 aromatic rings. The van der Waals surface area contributed by atoms with Crippen molar-refractivity contribution in [1.29, 1.82) is 10.7 Å². The highest BCUT2D eigenvalue weighted by Gasteiger charge is 2.41. The van der Waals surface area contributed by atoms with Crippen LogP contribution < -0.4 is 0 Å². The number of halogens is 1. The van der Waals surface area contributed by atoms with Crippen LogP contribution in [0.2, 0.25) is 0 Å². The van der Waals surface area contributed by atoms with Crippen LogP contribution in [0.1, 0.15) is 24.6 Å². The number of rotatable bonds is 3. The van der Waals surface area contributed by atoms with Crippen molar-refractivity contribution in [2.75, 3.05) is 6.61 Å². The Labute approximate surface area is 134 Å². The molecule has 110 valence electrons. The summed E-state index contributed by atoms with van der Waals surface area (Å²) in [5.41, 5.74) is 0.314. The van der Waals surface area contributed by atoms with Crippen molar-refractivity contribution in [2.24, 2.45) is 5.92 Å². The molecule has 0 aliphatic carbocycles. The lowest BCUT2D eigenvalue weighted by Crippen LogP contribution is -2.32. The molecule has 2 unspecified atom stereocenters. The van der Waals surface area contributed by atoms with Crippen LogP contribution in [-0.2, 0) is 14.3 Å². The van der Waals surface area contributed by atoms with Crippen molar-refractivity contribution in [3.8, 4) is 6.07 Å². The molecule has 1 N–H and O–H groups in total. The zero-order valence-corrected chi connectivity index (χ0v) is 13.9. The molecule has 0 bridgehead atoms. The van der Waals surface area contributed by atoms with Crippen molar-refractivity contribution in [3.63, 3.8) is 0 Å². The van der Waals surface area contributed by atoms with Crippen molar-refractivity contribution in [3.05, 3.63) is 32.1 Å². The molecule has 0 saturated carbocycles. The van der Waals surface area contributed by atoms with E-state index in [1.807, 2.05) is 12.1 Å². The van der Waals surface area contributed by atoms with E-state index < -0.39 is 17.8 Å². The molecule has 0 saturated heterocycles. The van der Waals surface area contributed by atoms with Gasteiger partial charge < -0.3 is 9.47 Å². The van der Waals surface area contributed by atoms with Crippen LogP contribution in [0.5, 0.6) is 0 Å². The minimum absolute atomic E-state index is 0.141. The van der Waals surface area contributed by atoms with E-state index in [9.17, 15) is 10.1 Å². The van der Waals surface area contributed by atoms with Crippen LogP contribution in [0.15, 0.2) is 27.3 Å². The number of carbonyl (C=O) groups excluding carboxylic acids is 1. The number of hydrogen-bond acceptors (Lipinski definition) is 6. The van der Waals surface area contributed by atoms with Crippen molar-refractivity contribution >= 4 is 39.1 Å². The van der Waals surface area contributed by atoms with Gasteiger partial charge in [-0.05, 0) is 41.9 Å². The minimum Gasteiger partial charge on any atom is -0.463 e. The summed E-state index contributed by atoms with van der Waals surface area (Å²) in [7, 11) is 0. The molecule has 0 aromatic carbocycles. The molecule has 7 heteroatoms. The first-order valence-electron chi connectivity index (χ1n) is 6.28. The van der Waals surface area contributed by atoms with E-state index in [1.165, 1.54) is 11.3 Å². The average Bonchev–Trinajstić information content (AvgIpc) is 2.84. The Morgan fingerprint density at radius 1 is 1.62 bits per heavy atom. The quantitative estimate of drug-likeness (QED) is 0.826. The van der Waals surface area contributed by atoms with E-state index in [1.54, 1.807) is 13.8 Å². The number of ether oxygens (including phenoxy) is 2. The normalized spacial score (nSPS) is 21.7. The van der Waals surface area contributed by atoms with Crippen molar-refractivity contribution in [1.82, 2.24) is 0 Å². The standard InChI is InChI=1S/C14H13BrN2O3S/c1-3-19-14(18)11-7(2)20-13(17)8(6-16)12(11)9-4-5-10(15)21-9/h4-5,8,12,17H,3H2,1-2H3. The lowest BCUT2D eigenvalue weighted by molar-refractivity contribution is -0.139. The summed E-state index contributed by atoms with van der Waals surface area (Å²) in [6, 6.07) is 5.75. The van der Waals surface area contributed by atoms with Gasteiger partial charge in [0.1, 0.15) is 11.7 Å². The highest BCUT2D eigenvalue weighted by molar-refractivity contribution is 9.11. The summed E-state index contributed by atoms with van der Waals surface area (Å²) in [6.45, 7) is 3.58. The van der Waals surface area contributed by atoms with Gasteiger partial charge in [0.2, 0.25) is 5.90 Å². The summed E-state index contributed by atoms with van der Waals surface area (Å²) in [4.78, 5) is 13.0. The van der Waals surface area contributed by atoms with Crippen LogP contribution in [0.25, 0.3) is 0 Å². The van der Waals surface area contributed by atoms with E-state index in [4.69, 9.17) is 14.9 Å². The number of nitrogens with one attached hydrogen (secondary N) is 1. The van der Waals surface area contributed by atoms with E-state index in [-0.39, 0.29) is 12.5 Å². The second-order valence-corrected chi connectivity index (χ2v) is 6.88. The molecule has 5 nitrogen and oxygen atoms in total. The maximum Gasteiger partial charge on any atom is 0.338 e. The number of thiophene rings is 1. The largest absolute Gasteiger partial charge is 0.463 e. The number of hydrogen-bond donors (Lipinski definition) is 1. The van der Waals surface area contributed by atoms with Gasteiger partial charge in [-0.3, -0.25) is 5.41 Å². The van der Waals surface area contributed by atoms with E-state index >= 15 is 0 Å². The van der Waals surface area contributed by atoms with Gasteiger partial charge in [-0.15, -0.1) is 11.3 Å². The second-order valence-electron chi connectivity index (χ2n) is 4.38. The molecule has 1 aliphatic heterocycles. The second kappa shape index (κ2) is 6.41. The van der Waals surface area contributed by atoms with Gasteiger partial charge in [0.25, 0.3) is 0 Å². The molecule has 21 heavy (non-hydrogen) atoms. The highest BCUT2D eigenvalue weighted by atomic mass is 79.9. The van der Waals surface area contributed by atoms with Crippen LogP contribution in [0.4, 0.5) is 0 Å². The summed E-state index contributed by atoms with van der Waals surface area (Å²) < 4.78 is 11.2. The summed E-state index contributed by atoms with van der Waals surface area (Å²) in [5, 5.41) is 17.2. The van der Waals surface area contributed by atoms with Gasteiger partial charge in [0, 0.05) is 4.88 Å². The predicted molar refractivity (Wildman–Crippen MR) is 82.0 cm³/mol. The van der Waals surface area contributed by atoms with Gasteiger partial charge in [-0.2, -0.15) is 5.26 Å². The molecule has 2 rings (SSSR count). The Kier molecular flexibility index (Phi) is 4.80. The van der Waals surface area contributed by atoms with Crippen LogP contribution in [-0.4, -0.2) is 18.5 Å². The van der Waals surface area contributed by atoms with Crippen LogP contribution in [0.3, 0.4) is 0 Å². The Balaban J connectivity index is 2.56. The highest BCUT2D eigenvalue weighted by Crippen LogP contribution is 2.43. The molecule has 2 atom stereocenters. The molecule has 0 fully saturated rings. The van der Waals surface area contributed by atoms with Gasteiger partial charge in [0.05, 0.1) is 28.0 Å². The van der Waals surface area contributed by atoms with E-state index in [0.717, 1.165) is 8.66 Å². The Bertz CT molecular complexity index is 659. The van der Waals surface area contributed by atoms with Crippen LogP contribution in [0, 0.1) is 22.7 Å². The fourth-order valence-electron chi connectivity index (χ4n) is 2.24. The lowest BCUT2D eigenvalue weighted by Gasteiger charge is -2.29. The smallest absolute Gasteiger partial charge is 0.338 e. The number of carbonyl (C=O) groups is 1. The minimum atomic E-state index is -0.835. The van der Waals surface area contributed by atoms with Crippen molar-refractivity contribution < 1.29 is 14.3 Å². The monoisotopic (exact) mass is 368 g/mol. The van der Waals surface area contributed by atoms with E-state index in [2.05, 4.69) is 22.0 Å². The Hall–Kier alpha value is -1.65. The summed E-state index contributed by atoms with van der Waals surface area (Å²) in [5.74, 6) is -1.69. The third-order valence-electron chi connectivity index (χ3n) is 3.10. The fraction of sp³-hybridized carbons (Fsp3) is 0.357. The topological polar surface area (TPSA) is 83.2 Å². The first-order valence-corrected chi connectivity index (χ1v) is 7.89. The zero-order chi connectivity index (χ0) is 15.6. The van der Waals surface area contributed by atoms with Gasteiger partial charge in [-0.1, -0.05) is 0 Å². The molecule has 0 radical (unpaired) electrons. The molecular formula is C14H13BrN2O3S. The maximum absolute atomic E-state index is 12.2. The van der Waals surface area contributed by atoms with Crippen molar-refractivity contribution in [2.45, 2.75) is 19.8 Å². The molecule has 0 spiro atoms. The summed E-state index contributed by atoms with van der Waals surface area (Å²) in [6.07, 6.45) is 0. The molecule has 2 heterocycles. The first kappa shape index (κ1) is 15.7. The Morgan fingerprint density at radius 2 is 2.33 bits per heavy atom. The Morgan fingerprint density at radius 3 is 2.86 bits per heavy atom. The number of nitriles is 1. The average molecular weight is 369 g/mol. The zero-order valence-electron chi connectivity index (χ0n) is 11.5. The number of allylic oxidation sites excluding steroid dienone is 1. The number of esters is 1. The molecule has 0 amide bonds. The van der Waals surface area contributed by atoms with Gasteiger partial charge >= 0.3 is 5.97 Å². The molecule has 1 aliphatic rings.